The first-order chi connectivity index (χ1) is 6.28. The van der Waals surface area contributed by atoms with Gasteiger partial charge in [-0.25, -0.2) is 4.79 Å². The standard InChI is InChI=1S/C6H10O8/c7-1-2(4(9)10)14-5(11)6(12,13)3(1)8/h1-3,5,7-8,11-13H,(H,9,10)/t1-,2+,3+,5?/m1/s1. The summed E-state index contributed by atoms with van der Waals surface area (Å²) < 4.78 is 4.19. The molecule has 0 aliphatic carbocycles. The maximum absolute atomic E-state index is 10.4. The SMILES string of the molecule is O=C(O)[C@H]1OC(O)C(O)(O)[C@@H](O)[C@@H]1O. The number of carboxylic acid groups (broad SMARTS) is 1. The fourth-order valence-corrected chi connectivity index (χ4v) is 1.09. The third-order valence-corrected chi connectivity index (χ3v) is 1.95. The Kier molecular flexibility index (Phi) is 2.76. The van der Waals surface area contributed by atoms with Crippen molar-refractivity contribution in [3.05, 3.63) is 0 Å². The largest absolute Gasteiger partial charge is 0.479 e. The van der Waals surface area contributed by atoms with Gasteiger partial charge in [0.15, 0.2) is 6.10 Å². The third-order valence-electron chi connectivity index (χ3n) is 1.95. The predicted octanol–water partition coefficient (Wildman–Crippen LogP) is -3.81. The van der Waals surface area contributed by atoms with Crippen LogP contribution in [0.5, 0.6) is 0 Å². The van der Waals surface area contributed by atoms with Crippen LogP contribution < -0.4 is 0 Å². The van der Waals surface area contributed by atoms with Gasteiger partial charge in [-0.1, -0.05) is 0 Å². The predicted molar refractivity (Wildman–Crippen MR) is 37.7 cm³/mol. The van der Waals surface area contributed by atoms with Crippen molar-refractivity contribution in [2.45, 2.75) is 30.4 Å². The summed E-state index contributed by atoms with van der Waals surface area (Å²) in [5.74, 6) is -4.73. The van der Waals surface area contributed by atoms with Gasteiger partial charge in [0.1, 0.15) is 12.2 Å². The van der Waals surface area contributed by atoms with E-state index in [0.29, 0.717) is 0 Å². The normalized spacial score (nSPS) is 42.1. The molecule has 1 aliphatic rings. The Morgan fingerprint density at radius 2 is 1.71 bits per heavy atom. The summed E-state index contributed by atoms with van der Waals surface area (Å²) in [7, 11) is 0. The molecule has 1 heterocycles. The highest BCUT2D eigenvalue weighted by molar-refractivity contribution is 5.73. The van der Waals surface area contributed by atoms with Crippen LogP contribution in [0.4, 0.5) is 0 Å². The lowest BCUT2D eigenvalue weighted by atomic mass is 9.96. The summed E-state index contributed by atoms with van der Waals surface area (Å²) in [5, 5.41) is 53.4. The molecule has 6 N–H and O–H groups in total. The number of ether oxygens (including phenoxy) is 1. The molecule has 14 heavy (non-hydrogen) atoms. The smallest absolute Gasteiger partial charge is 0.335 e. The van der Waals surface area contributed by atoms with Crippen molar-refractivity contribution in [2.24, 2.45) is 0 Å². The van der Waals surface area contributed by atoms with E-state index in [1.165, 1.54) is 0 Å². The minimum atomic E-state index is -3.09. The molecule has 0 amide bonds. The zero-order valence-corrected chi connectivity index (χ0v) is 6.81. The highest BCUT2D eigenvalue weighted by Crippen LogP contribution is 2.26. The molecule has 1 fully saturated rings. The van der Waals surface area contributed by atoms with Crippen molar-refractivity contribution in [2.75, 3.05) is 0 Å². The molecule has 0 spiro atoms. The molecule has 0 radical (unpaired) electrons. The summed E-state index contributed by atoms with van der Waals surface area (Å²) in [6.45, 7) is 0. The molecular weight excluding hydrogens is 200 g/mol. The second-order valence-electron chi connectivity index (χ2n) is 2.97. The lowest BCUT2D eigenvalue weighted by Crippen LogP contribution is -2.67. The molecule has 1 unspecified atom stereocenters. The minimum absolute atomic E-state index is 1.63. The van der Waals surface area contributed by atoms with E-state index in [1.807, 2.05) is 0 Å². The van der Waals surface area contributed by atoms with Gasteiger partial charge >= 0.3 is 5.97 Å². The van der Waals surface area contributed by atoms with E-state index in [4.69, 9.17) is 30.6 Å². The van der Waals surface area contributed by atoms with Crippen LogP contribution in [-0.4, -0.2) is 67.0 Å². The lowest BCUT2D eigenvalue weighted by molar-refractivity contribution is -0.390. The van der Waals surface area contributed by atoms with Crippen LogP contribution in [0, 0.1) is 0 Å². The van der Waals surface area contributed by atoms with Crippen LogP contribution in [0.15, 0.2) is 0 Å². The number of aliphatic carboxylic acids is 1. The molecule has 4 atom stereocenters. The van der Waals surface area contributed by atoms with Crippen molar-refractivity contribution in [1.29, 1.82) is 0 Å². The number of carbonyl (C=O) groups is 1. The van der Waals surface area contributed by atoms with Gasteiger partial charge in [-0.05, 0) is 0 Å². The van der Waals surface area contributed by atoms with Gasteiger partial charge in [0.05, 0.1) is 0 Å². The van der Waals surface area contributed by atoms with Gasteiger partial charge in [0.2, 0.25) is 12.1 Å². The fourth-order valence-electron chi connectivity index (χ4n) is 1.09. The second-order valence-corrected chi connectivity index (χ2v) is 2.97. The number of carboxylic acids is 1. The molecule has 1 rings (SSSR count). The number of aliphatic hydroxyl groups is 5. The van der Waals surface area contributed by atoms with Crippen molar-refractivity contribution in [1.82, 2.24) is 0 Å². The molecule has 82 valence electrons. The lowest BCUT2D eigenvalue weighted by Gasteiger charge is -2.41. The molecule has 0 aromatic carbocycles. The summed E-state index contributed by atoms with van der Waals surface area (Å²) in [6, 6.07) is 0. The Labute approximate surface area is 77.6 Å². The topological polar surface area (TPSA) is 148 Å². The zero-order chi connectivity index (χ0) is 11.1. The molecule has 0 aromatic rings. The Morgan fingerprint density at radius 1 is 1.21 bits per heavy atom. The molecule has 8 heteroatoms. The first kappa shape index (κ1) is 11.3. The van der Waals surface area contributed by atoms with E-state index >= 15 is 0 Å². The summed E-state index contributed by atoms with van der Waals surface area (Å²) >= 11 is 0. The highest BCUT2D eigenvalue weighted by Gasteiger charge is 2.55. The molecule has 0 aromatic heterocycles. The number of hydrogen-bond acceptors (Lipinski definition) is 7. The molecule has 0 bridgehead atoms. The van der Waals surface area contributed by atoms with Crippen LogP contribution in [0.2, 0.25) is 0 Å². The second kappa shape index (κ2) is 3.42. The van der Waals surface area contributed by atoms with Crippen molar-refractivity contribution in [3.63, 3.8) is 0 Å². The van der Waals surface area contributed by atoms with E-state index in [0.717, 1.165) is 0 Å². The first-order valence-corrected chi connectivity index (χ1v) is 3.65. The van der Waals surface area contributed by atoms with Crippen LogP contribution in [0.3, 0.4) is 0 Å². The van der Waals surface area contributed by atoms with Crippen molar-refractivity contribution < 1.29 is 40.2 Å². The average Bonchev–Trinajstić information content (AvgIpc) is 2.08. The highest BCUT2D eigenvalue weighted by atomic mass is 16.7. The van der Waals surface area contributed by atoms with E-state index in [1.54, 1.807) is 0 Å². The minimum Gasteiger partial charge on any atom is -0.479 e. The first-order valence-electron chi connectivity index (χ1n) is 3.65. The maximum Gasteiger partial charge on any atom is 0.335 e. The Balaban J connectivity index is 2.89. The number of aliphatic hydroxyl groups excluding tert-OH is 3. The van der Waals surface area contributed by atoms with Gasteiger partial charge in [-0.3, -0.25) is 0 Å². The van der Waals surface area contributed by atoms with E-state index in [9.17, 15) is 4.79 Å². The summed E-state index contributed by atoms with van der Waals surface area (Å²) in [6.07, 6.45) is -8.48. The monoisotopic (exact) mass is 210 g/mol. The quantitative estimate of drug-likeness (QED) is 0.241. The molecule has 0 saturated carbocycles. The van der Waals surface area contributed by atoms with Crippen LogP contribution in [0.25, 0.3) is 0 Å². The zero-order valence-electron chi connectivity index (χ0n) is 6.81. The fraction of sp³-hybridized carbons (Fsp3) is 0.833. The van der Waals surface area contributed by atoms with Gasteiger partial charge in [0, 0.05) is 0 Å². The van der Waals surface area contributed by atoms with Crippen molar-refractivity contribution >= 4 is 5.97 Å². The molecule has 1 saturated heterocycles. The number of hydrogen-bond donors (Lipinski definition) is 6. The number of rotatable bonds is 1. The van der Waals surface area contributed by atoms with Gasteiger partial charge in [-0.15, -0.1) is 0 Å². The van der Waals surface area contributed by atoms with Gasteiger partial charge in [-0.2, -0.15) is 0 Å². The summed E-state index contributed by atoms with van der Waals surface area (Å²) in [4.78, 5) is 10.4. The van der Waals surface area contributed by atoms with Gasteiger partial charge in [0.25, 0.3) is 0 Å². The molecule has 8 nitrogen and oxygen atoms in total. The van der Waals surface area contributed by atoms with E-state index in [2.05, 4.69) is 4.74 Å². The van der Waals surface area contributed by atoms with E-state index in [-0.39, 0.29) is 0 Å². The maximum atomic E-state index is 10.4. The average molecular weight is 210 g/mol. The van der Waals surface area contributed by atoms with E-state index < -0.39 is 36.4 Å². The van der Waals surface area contributed by atoms with Crippen LogP contribution >= 0.6 is 0 Å². The Morgan fingerprint density at radius 3 is 2.14 bits per heavy atom. The van der Waals surface area contributed by atoms with Gasteiger partial charge < -0.3 is 35.4 Å². The third kappa shape index (κ3) is 1.59. The Hall–Kier alpha value is -0.770. The summed E-state index contributed by atoms with van der Waals surface area (Å²) in [5.41, 5.74) is 0. The molecule has 1 aliphatic heterocycles. The molecular formula is C6H10O8. The Bertz CT molecular complexity index is 238. The van der Waals surface area contributed by atoms with Crippen LogP contribution in [-0.2, 0) is 9.53 Å². The van der Waals surface area contributed by atoms with Crippen LogP contribution in [0.1, 0.15) is 0 Å². The van der Waals surface area contributed by atoms with Crippen molar-refractivity contribution in [3.8, 4) is 0 Å².